The minimum Gasteiger partial charge on any atom is -0.450 e. The zero-order chi connectivity index (χ0) is 18.2. The number of nitrogens with zero attached hydrogens (tertiary/aromatic N) is 5. The van der Waals surface area contributed by atoms with E-state index in [1.165, 1.54) is 6.33 Å². The number of unbranched alkanes of at least 4 members (excludes halogenated alkanes) is 1. The number of aromatic nitrogens is 2. The summed E-state index contributed by atoms with van der Waals surface area (Å²) in [4.78, 5) is 38.0. The number of piperazine rings is 1. The largest absolute Gasteiger partial charge is 0.450 e. The van der Waals surface area contributed by atoms with E-state index in [9.17, 15) is 9.59 Å². The molecule has 8 nitrogen and oxygen atoms in total. The fraction of sp³-hybridized carbons (Fsp3) is 0.647. The lowest BCUT2D eigenvalue weighted by molar-refractivity contribution is 0.0787. The second-order valence-corrected chi connectivity index (χ2v) is 6.01. The highest BCUT2D eigenvalue weighted by atomic mass is 16.6. The predicted octanol–water partition coefficient (Wildman–Crippen LogP) is 1.63. The van der Waals surface area contributed by atoms with Crippen LogP contribution in [-0.4, -0.2) is 78.1 Å². The Morgan fingerprint density at radius 2 is 1.92 bits per heavy atom. The maximum atomic E-state index is 12.4. The van der Waals surface area contributed by atoms with Crippen molar-refractivity contribution in [1.82, 2.24) is 19.8 Å². The van der Waals surface area contributed by atoms with E-state index in [-0.39, 0.29) is 12.0 Å². The third-order valence-corrected chi connectivity index (χ3v) is 4.20. The summed E-state index contributed by atoms with van der Waals surface area (Å²) in [5.74, 6) is 0.619. The van der Waals surface area contributed by atoms with Crippen molar-refractivity contribution in [1.29, 1.82) is 0 Å². The van der Waals surface area contributed by atoms with Crippen molar-refractivity contribution < 1.29 is 14.3 Å². The van der Waals surface area contributed by atoms with Crippen LogP contribution >= 0.6 is 0 Å². The van der Waals surface area contributed by atoms with Gasteiger partial charge in [-0.3, -0.25) is 4.79 Å². The van der Waals surface area contributed by atoms with Crippen LogP contribution < -0.4 is 4.90 Å². The second-order valence-electron chi connectivity index (χ2n) is 6.01. The lowest BCUT2D eigenvalue weighted by atomic mass is 10.2. The van der Waals surface area contributed by atoms with Gasteiger partial charge in [0, 0.05) is 45.8 Å². The van der Waals surface area contributed by atoms with Crippen molar-refractivity contribution in [3.63, 3.8) is 0 Å². The first-order valence-electron chi connectivity index (χ1n) is 8.81. The number of carbonyl (C=O) groups excluding carboxylic acids is 2. The van der Waals surface area contributed by atoms with E-state index < -0.39 is 0 Å². The Balaban J connectivity index is 1.98. The Kier molecular flexibility index (Phi) is 6.97. The molecule has 1 saturated heterocycles. The van der Waals surface area contributed by atoms with E-state index in [4.69, 9.17) is 4.74 Å². The molecule has 2 heterocycles. The van der Waals surface area contributed by atoms with E-state index in [0.717, 1.165) is 12.8 Å². The molecule has 1 aliphatic rings. The topological polar surface area (TPSA) is 78.9 Å². The number of anilines is 1. The van der Waals surface area contributed by atoms with Crippen molar-refractivity contribution in [2.45, 2.75) is 26.7 Å². The monoisotopic (exact) mass is 349 g/mol. The first-order chi connectivity index (χ1) is 12.1. The van der Waals surface area contributed by atoms with Gasteiger partial charge in [0.15, 0.2) is 0 Å². The van der Waals surface area contributed by atoms with Gasteiger partial charge in [-0.1, -0.05) is 13.3 Å². The molecule has 0 bridgehead atoms. The summed E-state index contributed by atoms with van der Waals surface area (Å²) in [5.41, 5.74) is 0.399. The minimum absolute atomic E-state index is 0.0951. The van der Waals surface area contributed by atoms with Crippen LogP contribution in [-0.2, 0) is 4.74 Å². The molecule has 25 heavy (non-hydrogen) atoms. The average molecular weight is 349 g/mol. The fourth-order valence-corrected chi connectivity index (χ4v) is 2.66. The highest BCUT2D eigenvalue weighted by Crippen LogP contribution is 2.15. The van der Waals surface area contributed by atoms with Crippen LogP contribution in [0.4, 0.5) is 10.6 Å². The molecule has 8 heteroatoms. The third-order valence-electron chi connectivity index (χ3n) is 4.20. The van der Waals surface area contributed by atoms with Gasteiger partial charge < -0.3 is 19.4 Å². The first kappa shape index (κ1) is 19.0. The van der Waals surface area contributed by atoms with E-state index in [0.29, 0.717) is 50.8 Å². The molecular weight excluding hydrogens is 322 g/mol. The molecule has 0 radical (unpaired) electrons. The summed E-state index contributed by atoms with van der Waals surface area (Å²) in [5, 5.41) is 0. The average Bonchev–Trinajstić information content (AvgIpc) is 2.66. The highest BCUT2D eigenvalue weighted by Gasteiger charge is 2.23. The molecule has 0 aliphatic carbocycles. The van der Waals surface area contributed by atoms with Gasteiger partial charge in [0.1, 0.15) is 17.8 Å². The van der Waals surface area contributed by atoms with Gasteiger partial charge in [-0.05, 0) is 13.3 Å². The number of hydrogen-bond donors (Lipinski definition) is 0. The van der Waals surface area contributed by atoms with Crippen molar-refractivity contribution in [3.05, 3.63) is 18.1 Å². The molecule has 1 aromatic heterocycles. The number of ether oxygens (including phenoxy) is 1. The van der Waals surface area contributed by atoms with Gasteiger partial charge in [0.25, 0.3) is 5.91 Å². The van der Waals surface area contributed by atoms with Crippen LogP contribution in [0.5, 0.6) is 0 Å². The molecular formula is C17H27N5O3. The lowest BCUT2D eigenvalue weighted by Gasteiger charge is -2.34. The summed E-state index contributed by atoms with van der Waals surface area (Å²) in [7, 11) is 1.79. The van der Waals surface area contributed by atoms with Gasteiger partial charge in [0.05, 0.1) is 6.61 Å². The number of hydrogen-bond acceptors (Lipinski definition) is 6. The lowest BCUT2D eigenvalue weighted by Crippen LogP contribution is -2.49. The summed E-state index contributed by atoms with van der Waals surface area (Å²) in [6, 6.07) is 1.73. The van der Waals surface area contributed by atoms with Crippen LogP contribution in [0.3, 0.4) is 0 Å². The normalized spacial score (nSPS) is 14.4. The quantitative estimate of drug-likeness (QED) is 0.777. The van der Waals surface area contributed by atoms with E-state index >= 15 is 0 Å². The molecule has 0 spiro atoms. The molecule has 2 rings (SSSR count). The summed E-state index contributed by atoms with van der Waals surface area (Å²) < 4.78 is 5.02. The number of rotatable bonds is 6. The smallest absolute Gasteiger partial charge is 0.409 e. The highest BCUT2D eigenvalue weighted by molar-refractivity contribution is 5.92. The van der Waals surface area contributed by atoms with Crippen molar-refractivity contribution >= 4 is 17.8 Å². The number of amides is 2. The molecule has 1 aromatic rings. The van der Waals surface area contributed by atoms with Gasteiger partial charge in [-0.15, -0.1) is 0 Å². The van der Waals surface area contributed by atoms with Crippen LogP contribution in [0.15, 0.2) is 12.4 Å². The Hall–Kier alpha value is -2.38. The maximum Gasteiger partial charge on any atom is 0.409 e. The molecule has 0 aromatic carbocycles. The van der Waals surface area contributed by atoms with Crippen molar-refractivity contribution in [2.24, 2.45) is 0 Å². The summed E-state index contributed by atoms with van der Waals surface area (Å²) in [6.07, 6.45) is 3.15. The molecule has 0 unspecified atom stereocenters. The maximum absolute atomic E-state index is 12.4. The van der Waals surface area contributed by atoms with Crippen LogP contribution in [0, 0.1) is 0 Å². The molecule has 0 saturated carbocycles. The minimum atomic E-state index is -0.279. The first-order valence-corrected chi connectivity index (χ1v) is 8.81. The van der Waals surface area contributed by atoms with Gasteiger partial charge in [-0.25, -0.2) is 14.8 Å². The van der Waals surface area contributed by atoms with E-state index in [1.54, 1.807) is 29.8 Å². The molecule has 1 fully saturated rings. The third kappa shape index (κ3) is 5.04. The van der Waals surface area contributed by atoms with E-state index in [1.807, 2.05) is 0 Å². The van der Waals surface area contributed by atoms with Gasteiger partial charge >= 0.3 is 6.09 Å². The summed E-state index contributed by atoms with van der Waals surface area (Å²) in [6.45, 7) is 7.42. The molecule has 2 amide bonds. The molecule has 138 valence electrons. The van der Waals surface area contributed by atoms with Gasteiger partial charge in [0.2, 0.25) is 0 Å². The van der Waals surface area contributed by atoms with Crippen LogP contribution in [0.25, 0.3) is 0 Å². The Bertz CT molecular complexity index is 587. The zero-order valence-electron chi connectivity index (χ0n) is 15.3. The van der Waals surface area contributed by atoms with E-state index in [2.05, 4.69) is 21.8 Å². The van der Waals surface area contributed by atoms with Crippen LogP contribution in [0.2, 0.25) is 0 Å². The van der Waals surface area contributed by atoms with Crippen LogP contribution in [0.1, 0.15) is 37.2 Å². The standard InChI is InChI=1S/C17H27N5O3/c1-4-6-7-20(3)16(23)14-12-15(19-13-18-14)21-8-10-22(11-9-21)17(24)25-5-2/h12-13H,4-11H2,1-3H3. The Morgan fingerprint density at radius 1 is 1.20 bits per heavy atom. The number of carbonyl (C=O) groups is 2. The predicted molar refractivity (Wildman–Crippen MR) is 94.7 cm³/mol. The fourth-order valence-electron chi connectivity index (χ4n) is 2.66. The molecule has 0 N–H and O–H groups in total. The van der Waals surface area contributed by atoms with Gasteiger partial charge in [-0.2, -0.15) is 0 Å². The molecule has 0 atom stereocenters. The molecule has 1 aliphatic heterocycles. The van der Waals surface area contributed by atoms with Crippen molar-refractivity contribution in [2.75, 3.05) is 51.3 Å². The SMILES string of the molecule is CCCCN(C)C(=O)c1cc(N2CCN(C(=O)OCC)CC2)ncn1. The second kappa shape index (κ2) is 9.19. The van der Waals surface area contributed by atoms with Crippen molar-refractivity contribution in [3.8, 4) is 0 Å². The Labute approximate surface area is 148 Å². The Morgan fingerprint density at radius 3 is 2.56 bits per heavy atom. The zero-order valence-corrected chi connectivity index (χ0v) is 15.3. The summed E-state index contributed by atoms with van der Waals surface area (Å²) >= 11 is 0.